The van der Waals surface area contributed by atoms with Crippen molar-refractivity contribution in [1.29, 1.82) is 0 Å². The number of carbonyl (C=O) groups excluding carboxylic acids is 1. The van der Waals surface area contributed by atoms with Crippen molar-refractivity contribution in [3.8, 4) is 5.75 Å². The summed E-state index contributed by atoms with van der Waals surface area (Å²) in [5, 5.41) is 5.01. The van der Waals surface area contributed by atoms with Crippen LogP contribution in [0.4, 0.5) is 0 Å². The van der Waals surface area contributed by atoms with Crippen LogP contribution in [-0.2, 0) is 0 Å². The third-order valence-electron chi connectivity index (χ3n) is 5.72. The Bertz CT molecular complexity index is 1020. The van der Waals surface area contributed by atoms with Gasteiger partial charge in [-0.15, -0.1) is 0 Å². The highest BCUT2D eigenvalue weighted by Gasteiger charge is 2.24. The fourth-order valence-corrected chi connectivity index (χ4v) is 4.89. The third-order valence-corrected chi connectivity index (χ3v) is 6.65. The zero-order chi connectivity index (χ0) is 20.9. The van der Waals surface area contributed by atoms with Gasteiger partial charge in [0.2, 0.25) is 0 Å². The van der Waals surface area contributed by atoms with E-state index in [9.17, 15) is 4.79 Å². The van der Waals surface area contributed by atoms with Gasteiger partial charge < -0.3 is 10.1 Å². The van der Waals surface area contributed by atoms with Gasteiger partial charge in [-0.2, -0.15) is 0 Å². The molecule has 1 fully saturated rings. The number of rotatable bonds is 6. The minimum absolute atomic E-state index is 0.000828. The molecular weight excluding hydrogens is 392 g/mol. The number of nitrogens with zero attached hydrogens (tertiary/aromatic N) is 1. The lowest BCUT2D eigenvalue weighted by molar-refractivity contribution is 0.0911. The van der Waals surface area contributed by atoms with Crippen LogP contribution in [0.15, 0.2) is 64.5 Å². The van der Waals surface area contributed by atoms with E-state index in [4.69, 9.17) is 9.72 Å². The summed E-state index contributed by atoms with van der Waals surface area (Å²) < 4.78 is 5.52. The van der Waals surface area contributed by atoms with Crippen LogP contribution in [0, 0.1) is 5.92 Å². The van der Waals surface area contributed by atoms with Crippen LogP contribution in [0.25, 0.3) is 10.9 Å². The average molecular weight is 421 g/mol. The number of nitrogens with one attached hydrogen (secondary N) is 1. The minimum Gasteiger partial charge on any atom is -0.494 e. The molecule has 0 saturated heterocycles. The Hall–Kier alpha value is -2.53. The Morgan fingerprint density at radius 2 is 1.90 bits per heavy atom. The normalized spacial score (nSPS) is 18.9. The molecule has 0 radical (unpaired) electrons. The van der Waals surface area contributed by atoms with E-state index in [-0.39, 0.29) is 11.9 Å². The van der Waals surface area contributed by atoms with Crippen LogP contribution in [0.5, 0.6) is 5.75 Å². The van der Waals surface area contributed by atoms with Crippen molar-refractivity contribution in [2.45, 2.75) is 55.5 Å². The maximum absolute atomic E-state index is 13.2. The topological polar surface area (TPSA) is 51.2 Å². The lowest BCUT2D eigenvalue weighted by atomic mass is 9.86. The largest absolute Gasteiger partial charge is 0.494 e. The van der Waals surface area contributed by atoms with Crippen molar-refractivity contribution >= 4 is 28.6 Å². The van der Waals surface area contributed by atoms with Gasteiger partial charge in [0.1, 0.15) is 10.8 Å². The molecule has 4 nitrogen and oxygen atoms in total. The van der Waals surface area contributed by atoms with Gasteiger partial charge in [0.15, 0.2) is 0 Å². The molecule has 1 aromatic heterocycles. The van der Waals surface area contributed by atoms with E-state index in [1.165, 1.54) is 19.3 Å². The van der Waals surface area contributed by atoms with E-state index < -0.39 is 0 Å². The first-order valence-corrected chi connectivity index (χ1v) is 11.6. The van der Waals surface area contributed by atoms with E-state index in [0.717, 1.165) is 33.0 Å². The van der Waals surface area contributed by atoms with Crippen molar-refractivity contribution in [3.05, 3.63) is 60.2 Å². The fourth-order valence-electron chi connectivity index (χ4n) is 4.06. The molecule has 0 aliphatic heterocycles. The lowest BCUT2D eigenvalue weighted by Crippen LogP contribution is -2.41. The quantitative estimate of drug-likeness (QED) is 0.524. The molecule has 0 bridgehead atoms. The molecule has 1 saturated carbocycles. The molecule has 2 aromatic carbocycles. The molecule has 30 heavy (non-hydrogen) atoms. The van der Waals surface area contributed by atoms with Crippen LogP contribution < -0.4 is 10.1 Å². The Balaban J connectivity index is 1.61. The Labute approximate surface area is 182 Å². The van der Waals surface area contributed by atoms with E-state index in [1.54, 1.807) is 11.8 Å². The smallest absolute Gasteiger partial charge is 0.252 e. The summed E-state index contributed by atoms with van der Waals surface area (Å²) in [6, 6.07) is 18.0. The van der Waals surface area contributed by atoms with Crippen molar-refractivity contribution < 1.29 is 9.53 Å². The number of amides is 1. The number of para-hydroxylation sites is 1. The van der Waals surface area contributed by atoms with Crippen molar-refractivity contribution in [1.82, 2.24) is 10.3 Å². The molecule has 3 aromatic rings. The molecule has 1 heterocycles. The highest BCUT2D eigenvalue weighted by molar-refractivity contribution is 7.99. The van der Waals surface area contributed by atoms with E-state index in [2.05, 4.69) is 12.2 Å². The number of fused-ring (bicyclic) bond motifs is 1. The fraction of sp³-hybridized carbons (Fsp3) is 0.360. The first-order chi connectivity index (χ1) is 14.6. The number of pyridine rings is 1. The van der Waals surface area contributed by atoms with Crippen molar-refractivity contribution in [3.63, 3.8) is 0 Å². The zero-order valence-electron chi connectivity index (χ0n) is 17.6. The summed E-state index contributed by atoms with van der Waals surface area (Å²) in [6.07, 6.45) is 4.68. The predicted octanol–water partition coefficient (Wildman–Crippen LogP) is 6.09. The van der Waals surface area contributed by atoms with Crippen LogP contribution in [0.1, 0.15) is 49.9 Å². The van der Waals surface area contributed by atoms with Crippen LogP contribution in [0.3, 0.4) is 0 Å². The van der Waals surface area contributed by atoms with Crippen LogP contribution in [0.2, 0.25) is 0 Å². The van der Waals surface area contributed by atoms with Gasteiger partial charge in [-0.1, -0.05) is 49.7 Å². The van der Waals surface area contributed by atoms with Crippen molar-refractivity contribution in [2.24, 2.45) is 5.92 Å². The molecule has 1 amide bonds. The molecule has 1 aliphatic rings. The molecule has 5 heteroatoms. The number of hydrogen-bond donors (Lipinski definition) is 1. The third kappa shape index (κ3) is 4.78. The summed E-state index contributed by atoms with van der Waals surface area (Å²) in [6.45, 7) is 4.86. The van der Waals surface area contributed by atoms with Crippen molar-refractivity contribution in [2.75, 3.05) is 6.61 Å². The molecule has 1 aliphatic carbocycles. The van der Waals surface area contributed by atoms with E-state index >= 15 is 0 Å². The molecule has 1 N–H and O–H groups in total. The first kappa shape index (κ1) is 20.7. The number of hydrogen-bond acceptors (Lipinski definition) is 4. The average Bonchev–Trinajstić information content (AvgIpc) is 2.76. The maximum Gasteiger partial charge on any atom is 0.252 e. The van der Waals surface area contributed by atoms with Gasteiger partial charge in [0.05, 0.1) is 17.7 Å². The molecule has 4 rings (SSSR count). The van der Waals surface area contributed by atoms with Gasteiger partial charge in [-0.25, -0.2) is 4.98 Å². The monoisotopic (exact) mass is 420 g/mol. The minimum atomic E-state index is 0.000828. The summed E-state index contributed by atoms with van der Waals surface area (Å²) in [7, 11) is 0. The van der Waals surface area contributed by atoms with Gasteiger partial charge >= 0.3 is 0 Å². The second-order valence-corrected chi connectivity index (χ2v) is 8.97. The molecular formula is C25H28N2O2S. The van der Waals surface area contributed by atoms with Gasteiger partial charge in [-0.05, 0) is 62.1 Å². The predicted molar refractivity (Wildman–Crippen MR) is 122 cm³/mol. The Morgan fingerprint density at radius 1 is 1.13 bits per heavy atom. The number of ether oxygens (including phenoxy) is 1. The molecule has 2 atom stereocenters. The number of aromatic nitrogens is 1. The lowest BCUT2D eigenvalue weighted by Gasteiger charge is -2.29. The number of carbonyl (C=O) groups is 1. The number of benzene rings is 2. The summed E-state index contributed by atoms with van der Waals surface area (Å²) in [4.78, 5) is 19.1. The summed E-state index contributed by atoms with van der Waals surface area (Å²) in [5.74, 6) is 1.38. The molecule has 0 spiro atoms. The Morgan fingerprint density at radius 3 is 2.67 bits per heavy atom. The summed E-state index contributed by atoms with van der Waals surface area (Å²) in [5.41, 5.74) is 1.54. The van der Waals surface area contributed by atoms with Crippen LogP contribution >= 0.6 is 11.8 Å². The van der Waals surface area contributed by atoms with Gasteiger partial charge in [-0.3, -0.25) is 4.79 Å². The van der Waals surface area contributed by atoms with E-state index in [0.29, 0.717) is 18.1 Å². The second-order valence-electron chi connectivity index (χ2n) is 7.87. The Kier molecular flexibility index (Phi) is 6.58. The first-order valence-electron chi connectivity index (χ1n) is 10.8. The highest BCUT2D eigenvalue weighted by Crippen LogP contribution is 2.31. The molecule has 156 valence electrons. The zero-order valence-corrected chi connectivity index (χ0v) is 18.4. The van der Waals surface area contributed by atoms with E-state index in [1.807, 2.05) is 61.5 Å². The second kappa shape index (κ2) is 9.52. The maximum atomic E-state index is 13.2. The summed E-state index contributed by atoms with van der Waals surface area (Å²) >= 11 is 1.56. The van der Waals surface area contributed by atoms with Crippen LogP contribution in [-0.4, -0.2) is 23.5 Å². The standard InChI is InChI=1S/C25H28N2O2S/c1-3-29-18-12-14-19(15-13-18)30-24-16-21(20-9-5-7-11-23(20)26-24)25(28)27-22-10-6-4-8-17(22)2/h5,7,9,11-17,22H,3-4,6,8,10H2,1-2H3,(H,27,28)/t17-,22-/m0/s1. The molecule has 0 unspecified atom stereocenters. The highest BCUT2D eigenvalue weighted by atomic mass is 32.2. The van der Waals surface area contributed by atoms with Gasteiger partial charge in [0.25, 0.3) is 5.91 Å². The van der Waals surface area contributed by atoms with Gasteiger partial charge in [0, 0.05) is 16.3 Å². The SMILES string of the molecule is CCOc1ccc(Sc2cc(C(=O)N[C@H]3CCCC[C@@H]3C)c3ccccc3n2)cc1.